The maximum atomic E-state index is 12.5. The van der Waals surface area contributed by atoms with E-state index in [0.29, 0.717) is 19.4 Å². The maximum Gasteiger partial charge on any atom is 0.305 e. The third kappa shape index (κ3) is 55.5. The first-order valence-corrected chi connectivity index (χ1v) is 31.1. The van der Waals surface area contributed by atoms with E-state index in [9.17, 15) is 19.8 Å². The van der Waals surface area contributed by atoms with Gasteiger partial charge in [0.2, 0.25) is 5.91 Å². The van der Waals surface area contributed by atoms with E-state index in [-0.39, 0.29) is 18.5 Å². The third-order valence-electron chi connectivity index (χ3n) is 14.5. The molecule has 408 valence electrons. The van der Waals surface area contributed by atoms with Gasteiger partial charge in [0.25, 0.3) is 0 Å². The molecule has 0 aromatic rings. The highest BCUT2D eigenvalue weighted by Crippen LogP contribution is 2.17. The number of amides is 1. The van der Waals surface area contributed by atoms with Crippen LogP contribution in [0, 0.1) is 0 Å². The van der Waals surface area contributed by atoms with Crippen molar-refractivity contribution in [1.82, 2.24) is 5.32 Å². The number of hydrogen-bond acceptors (Lipinski definition) is 5. The summed E-state index contributed by atoms with van der Waals surface area (Å²) in [6, 6.07) is -0.650. The largest absolute Gasteiger partial charge is 0.466 e. The van der Waals surface area contributed by atoms with E-state index in [1.54, 1.807) is 6.08 Å². The van der Waals surface area contributed by atoms with Gasteiger partial charge in [-0.05, 0) is 57.8 Å². The molecule has 0 heterocycles. The van der Waals surface area contributed by atoms with Crippen molar-refractivity contribution in [2.75, 3.05) is 13.2 Å². The number of carbonyl (C=O) groups excluding carboxylic acids is 2. The van der Waals surface area contributed by atoms with Crippen LogP contribution in [-0.4, -0.2) is 47.4 Å². The summed E-state index contributed by atoms with van der Waals surface area (Å²) >= 11 is 0. The molecule has 69 heavy (non-hydrogen) atoms. The molecular formula is C63H121NO5. The summed E-state index contributed by atoms with van der Waals surface area (Å²) in [4.78, 5) is 24.6. The average Bonchev–Trinajstić information content (AvgIpc) is 3.35. The van der Waals surface area contributed by atoms with Gasteiger partial charge < -0.3 is 20.3 Å². The highest BCUT2D eigenvalue weighted by atomic mass is 16.5. The fraction of sp³-hybridized carbons (Fsp3) is 0.905. The van der Waals surface area contributed by atoms with Crippen molar-refractivity contribution in [3.63, 3.8) is 0 Å². The van der Waals surface area contributed by atoms with Crippen LogP contribution in [0.3, 0.4) is 0 Å². The molecule has 0 radical (unpaired) electrons. The zero-order chi connectivity index (χ0) is 50.0. The van der Waals surface area contributed by atoms with Crippen molar-refractivity contribution >= 4 is 11.9 Å². The van der Waals surface area contributed by atoms with Crippen molar-refractivity contribution in [3.8, 4) is 0 Å². The number of nitrogens with one attached hydrogen (secondary N) is 1. The molecule has 0 aromatic carbocycles. The fourth-order valence-corrected chi connectivity index (χ4v) is 9.69. The van der Waals surface area contributed by atoms with Gasteiger partial charge >= 0.3 is 5.97 Å². The Morgan fingerprint density at radius 2 is 0.681 bits per heavy atom. The molecule has 0 aliphatic rings. The van der Waals surface area contributed by atoms with Gasteiger partial charge in [-0.2, -0.15) is 0 Å². The highest BCUT2D eigenvalue weighted by Gasteiger charge is 2.18. The summed E-state index contributed by atoms with van der Waals surface area (Å²) in [5.74, 6) is -0.121. The van der Waals surface area contributed by atoms with Crippen molar-refractivity contribution in [2.45, 2.75) is 353 Å². The Balaban J connectivity index is 3.49. The molecule has 0 aromatic heterocycles. The first-order valence-electron chi connectivity index (χ1n) is 31.1. The molecule has 1 amide bonds. The molecule has 2 unspecified atom stereocenters. The highest BCUT2D eigenvalue weighted by molar-refractivity contribution is 5.76. The van der Waals surface area contributed by atoms with E-state index in [1.165, 1.54) is 257 Å². The first-order chi connectivity index (χ1) is 34.0. The predicted octanol–water partition coefficient (Wildman–Crippen LogP) is 19.4. The molecule has 0 bridgehead atoms. The Morgan fingerprint density at radius 1 is 0.391 bits per heavy atom. The van der Waals surface area contributed by atoms with Gasteiger partial charge in [-0.3, -0.25) is 9.59 Å². The number of unbranched alkanes of at least 4 members (excludes halogenated alkanes) is 45. The Kier molecular flexibility index (Phi) is 57.5. The first kappa shape index (κ1) is 67.3. The maximum absolute atomic E-state index is 12.5. The van der Waals surface area contributed by atoms with Crippen LogP contribution >= 0.6 is 0 Å². The lowest BCUT2D eigenvalue weighted by Gasteiger charge is -2.20. The average molecular weight is 973 g/mol. The summed E-state index contributed by atoms with van der Waals surface area (Å²) in [5.41, 5.74) is 0. The SMILES string of the molecule is CCCCCCCCC/C=C\CCCCCCCCCC(=O)OCCCCCCCCCCCC(=O)NC(CO)C(O)/C=C/CCCCCCCCCCCCCCCCCCCCCCCCC. The zero-order valence-electron chi connectivity index (χ0n) is 46.6. The Bertz CT molecular complexity index is 1080. The van der Waals surface area contributed by atoms with Gasteiger partial charge in [0, 0.05) is 12.8 Å². The predicted molar refractivity (Wildman–Crippen MR) is 301 cm³/mol. The Hall–Kier alpha value is -1.66. The topological polar surface area (TPSA) is 95.9 Å². The smallest absolute Gasteiger partial charge is 0.305 e. The van der Waals surface area contributed by atoms with E-state index < -0.39 is 12.1 Å². The molecule has 6 heteroatoms. The molecule has 0 saturated carbocycles. The Labute approximate surface area is 431 Å². The van der Waals surface area contributed by atoms with Crippen molar-refractivity contribution in [2.24, 2.45) is 0 Å². The van der Waals surface area contributed by atoms with Gasteiger partial charge in [0.05, 0.1) is 25.4 Å². The minimum Gasteiger partial charge on any atom is -0.466 e. The van der Waals surface area contributed by atoms with Crippen LogP contribution in [-0.2, 0) is 14.3 Å². The third-order valence-corrected chi connectivity index (χ3v) is 14.5. The quantitative estimate of drug-likeness (QED) is 0.0321. The van der Waals surface area contributed by atoms with Crippen molar-refractivity contribution in [3.05, 3.63) is 24.3 Å². The fourth-order valence-electron chi connectivity index (χ4n) is 9.69. The van der Waals surface area contributed by atoms with Crippen LogP contribution in [0.4, 0.5) is 0 Å². The molecule has 0 aliphatic heterocycles. The number of aliphatic hydroxyl groups is 2. The number of aliphatic hydroxyl groups excluding tert-OH is 2. The molecular weight excluding hydrogens is 851 g/mol. The molecule has 2 atom stereocenters. The summed E-state index contributed by atoms with van der Waals surface area (Å²) < 4.78 is 5.47. The minimum absolute atomic E-state index is 0.0291. The second kappa shape index (κ2) is 58.9. The van der Waals surface area contributed by atoms with E-state index in [4.69, 9.17) is 4.74 Å². The number of rotatable bonds is 58. The minimum atomic E-state index is -0.863. The van der Waals surface area contributed by atoms with Crippen molar-refractivity contribution < 1.29 is 24.5 Å². The lowest BCUT2D eigenvalue weighted by Crippen LogP contribution is -2.45. The van der Waals surface area contributed by atoms with Crippen LogP contribution in [0.1, 0.15) is 341 Å². The number of allylic oxidation sites excluding steroid dienone is 3. The van der Waals surface area contributed by atoms with E-state index in [0.717, 1.165) is 57.8 Å². The number of ether oxygens (including phenoxy) is 1. The molecule has 6 nitrogen and oxygen atoms in total. The van der Waals surface area contributed by atoms with Crippen molar-refractivity contribution in [1.29, 1.82) is 0 Å². The van der Waals surface area contributed by atoms with Gasteiger partial charge in [-0.25, -0.2) is 0 Å². The molecule has 3 N–H and O–H groups in total. The van der Waals surface area contributed by atoms with Crippen LogP contribution in [0.2, 0.25) is 0 Å². The van der Waals surface area contributed by atoms with Gasteiger partial charge in [0.1, 0.15) is 0 Å². The second-order valence-corrected chi connectivity index (χ2v) is 21.4. The Morgan fingerprint density at radius 3 is 1.03 bits per heavy atom. The van der Waals surface area contributed by atoms with E-state index >= 15 is 0 Å². The van der Waals surface area contributed by atoms with Gasteiger partial charge in [-0.15, -0.1) is 0 Å². The molecule has 0 aliphatic carbocycles. The number of hydrogen-bond donors (Lipinski definition) is 3. The lowest BCUT2D eigenvalue weighted by molar-refractivity contribution is -0.143. The van der Waals surface area contributed by atoms with Crippen LogP contribution in [0.15, 0.2) is 24.3 Å². The number of carbonyl (C=O) groups is 2. The van der Waals surface area contributed by atoms with Crippen LogP contribution in [0.5, 0.6) is 0 Å². The van der Waals surface area contributed by atoms with Gasteiger partial charge in [0.15, 0.2) is 0 Å². The standard InChI is InChI=1S/C63H121NO5/c1-3-5-7-9-11-13-15-17-19-21-23-24-25-26-27-28-29-30-32-34-36-39-43-47-51-55-61(66)60(59-65)64-62(67)56-52-48-44-40-38-42-46-50-54-58-69-63(68)57-53-49-45-41-37-35-33-31-22-20-18-16-14-12-10-8-6-4-2/h20,22,51,55,60-61,65-66H,3-19,21,23-50,52-54,56-59H2,1-2H3,(H,64,67)/b22-20-,55-51+. The summed E-state index contributed by atoms with van der Waals surface area (Å²) in [5, 5.41) is 23.2. The number of esters is 1. The molecule has 0 rings (SSSR count). The van der Waals surface area contributed by atoms with Crippen LogP contribution in [0.25, 0.3) is 0 Å². The summed E-state index contributed by atoms with van der Waals surface area (Å²) in [6.45, 7) is 4.86. The lowest BCUT2D eigenvalue weighted by atomic mass is 10.0. The van der Waals surface area contributed by atoms with Crippen LogP contribution < -0.4 is 5.32 Å². The van der Waals surface area contributed by atoms with E-state index in [2.05, 4.69) is 31.3 Å². The molecule has 0 fully saturated rings. The second-order valence-electron chi connectivity index (χ2n) is 21.4. The summed E-state index contributed by atoms with van der Waals surface area (Å²) in [7, 11) is 0. The zero-order valence-corrected chi connectivity index (χ0v) is 46.6. The molecule has 0 saturated heterocycles. The monoisotopic (exact) mass is 972 g/mol. The normalized spacial score (nSPS) is 12.7. The van der Waals surface area contributed by atoms with E-state index in [1.807, 2.05) is 6.08 Å². The van der Waals surface area contributed by atoms with Gasteiger partial charge in [-0.1, -0.05) is 295 Å². The molecule has 0 spiro atoms. The summed E-state index contributed by atoms with van der Waals surface area (Å²) in [6.07, 6.45) is 72.1.